The lowest BCUT2D eigenvalue weighted by molar-refractivity contribution is -0.152. The summed E-state index contributed by atoms with van der Waals surface area (Å²) < 4.78 is 5.76. The average molecular weight is 558 g/mol. The molecule has 0 amide bonds. The zero-order chi connectivity index (χ0) is 29.4. The minimum Gasteiger partial charge on any atom is -0.423 e. The molecule has 2 fully saturated rings. The van der Waals surface area contributed by atoms with Gasteiger partial charge in [0, 0.05) is 31.4 Å². The van der Waals surface area contributed by atoms with Crippen molar-refractivity contribution in [2.45, 2.75) is 58.1 Å². The third kappa shape index (κ3) is 5.57. The molecule has 2 aromatic rings. The molecule has 1 aliphatic heterocycles. The summed E-state index contributed by atoms with van der Waals surface area (Å²) in [5, 5.41) is 24.9. The van der Waals surface area contributed by atoms with Gasteiger partial charge >= 0.3 is 5.97 Å². The molecule has 7 heteroatoms. The highest BCUT2D eigenvalue weighted by atomic mass is 16.5. The number of nitrogens with zero attached hydrogens (tertiary/aromatic N) is 2. The third-order valence-corrected chi connectivity index (χ3v) is 9.99. The number of fused-ring (bicyclic) bond motifs is 1. The second-order valence-corrected chi connectivity index (χ2v) is 12.7. The van der Waals surface area contributed by atoms with Gasteiger partial charge in [-0.25, -0.2) is 9.78 Å². The maximum Gasteiger partial charge on any atom is 0.341 e. The molecule has 2 aliphatic carbocycles. The van der Waals surface area contributed by atoms with Gasteiger partial charge in [-0.05, 0) is 91.3 Å². The number of esters is 1. The summed E-state index contributed by atoms with van der Waals surface area (Å²) in [6.07, 6.45) is 8.75. The number of benzene rings is 1. The normalized spacial score (nSPS) is 31.3. The summed E-state index contributed by atoms with van der Waals surface area (Å²) in [5.74, 6) is 1.05. The Hall–Kier alpha value is -3.42. The zero-order valence-corrected chi connectivity index (χ0v) is 24.6. The van der Waals surface area contributed by atoms with Gasteiger partial charge in [0.1, 0.15) is 11.6 Å². The van der Waals surface area contributed by atoms with Crippen LogP contribution < -0.4 is 10.2 Å². The molecule has 5 rings (SSSR count). The van der Waals surface area contributed by atoms with Gasteiger partial charge in [0.05, 0.1) is 24.3 Å². The fourth-order valence-corrected chi connectivity index (χ4v) is 7.52. The molecular weight excluding hydrogens is 514 g/mol. The molecule has 41 heavy (non-hydrogen) atoms. The van der Waals surface area contributed by atoms with Gasteiger partial charge in [0.2, 0.25) is 0 Å². The number of ether oxygens (including phenoxy) is 1. The zero-order valence-electron chi connectivity index (χ0n) is 24.6. The van der Waals surface area contributed by atoms with E-state index < -0.39 is 11.5 Å². The number of aromatic nitrogens is 1. The highest BCUT2D eigenvalue weighted by Gasteiger charge is 2.58. The lowest BCUT2D eigenvalue weighted by atomic mass is 9.46. The molecule has 0 spiro atoms. The predicted molar refractivity (Wildman–Crippen MR) is 163 cm³/mol. The Bertz CT molecular complexity index is 1340. The van der Waals surface area contributed by atoms with E-state index in [1.165, 1.54) is 0 Å². The van der Waals surface area contributed by atoms with Crippen molar-refractivity contribution in [2.24, 2.45) is 22.7 Å². The molecular formula is C34H43N3O4. The van der Waals surface area contributed by atoms with Crippen molar-refractivity contribution in [3.05, 3.63) is 83.8 Å². The minimum atomic E-state index is -0.570. The second kappa shape index (κ2) is 11.5. The largest absolute Gasteiger partial charge is 0.423 e. The first-order valence-corrected chi connectivity index (χ1v) is 14.6. The molecule has 1 aromatic heterocycles. The van der Waals surface area contributed by atoms with E-state index in [4.69, 9.17) is 4.74 Å². The van der Waals surface area contributed by atoms with E-state index >= 15 is 0 Å². The van der Waals surface area contributed by atoms with E-state index in [1.54, 1.807) is 6.20 Å². The van der Waals surface area contributed by atoms with Crippen LogP contribution in [-0.2, 0) is 9.53 Å². The van der Waals surface area contributed by atoms with Crippen LogP contribution in [0.1, 0.15) is 51.5 Å². The van der Waals surface area contributed by atoms with Crippen LogP contribution in [-0.4, -0.2) is 54.0 Å². The van der Waals surface area contributed by atoms with Crippen molar-refractivity contribution in [3.8, 4) is 0 Å². The Morgan fingerprint density at radius 2 is 1.95 bits per heavy atom. The number of pyridine rings is 1. The Labute approximate surface area is 243 Å². The molecule has 0 bridgehead atoms. The first-order chi connectivity index (χ1) is 19.5. The smallest absolute Gasteiger partial charge is 0.341 e. The van der Waals surface area contributed by atoms with E-state index in [-0.39, 0.29) is 35.9 Å². The number of carbonyl (C=O) groups excluding carboxylic acids is 1. The van der Waals surface area contributed by atoms with Gasteiger partial charge in [-0.1, -0.05) is 44.2 Å². The van der Waals surface area contributed by atoms with Crippen LogP contribution in [0.5, 0.6) is 0 Å². The molecule has 0 radical (unpaired) electrons. The number of rotatable bonds is 8. The fraction of sp³-hybridized carbons (Fsp3) is 0.471. The summed E-state index contributed by atoms with van der Waals surface area (Å²) in [7, 11) is 4.00. The van der Waals surface area contributed by atoms with Gasteiger partial charge in [0.25, 0.3) is 0 Å². The van der Waals surface area contributed by atoms with Crippen LogP contribution in [0.3, 0.4) is 0 Å². The topological polar surface area (TPSA) is 94.9 Å². The molecule has 0 saturated heterocycles. The van der Waals surface area contributed by atoms with Crippen LogP contribution in [0.4, 0.5) is 11.5 Å². The SMILES string of the molecule is C=C1CCC2[C@](C)(CC[C@@H](O)[C@@]2(C)CO)C1CC(Nc1ccccn1)C1=C/C(=C\c2ccc(N(C)C)cc2)OC1=O. The maximum atomic E-state index is 13.3. The highest BCUT2D eigenvalue weighted by Crippen LogP contribution is 2.62. The first-order valence-electron chi connectivity index (χ1n) is 14.6. The van der Waals surface area contributed by atoms with Gasteiger partial charge in [0.15, 0.2) is 0 Å². The molecule has 218 valence electrons. The van der Waals surface area contributed by atoms with Gasteiger partial charge in [-0.2, -0.15) is 0 Å². The van der Waals surface area contributed by atoms with E-state index in [2.05, 4.69) is 23.8 Å². The number of nitrogens with one attached hydrogen (secondary N) is 1. The van der Waals surface area contributed by atoms with E-state index in [1.807, 2.05) is 80.5 Å². The summed E-state index contributed by atoms with van der Waals surface area (Å²) >= 11 is 0. The van der Waals surface area contributed by atoms with Crippen molar-refractivity contribution in [3.63, 3.8) is 0 Å². The summed E-state index contributed by atoms with van der Waals surface area (Å²) in [4.78, 5) is 19.9. The highest BCUT2D eigenvalue weighted by molar-refractivity contribution is 5.95. The second-order valence-electron chi connectivity index (χ2n) is 12.7. The number of cyclic esters (lactones) is 1. The lowest BCUT2D eigenvalue weighted by Crippen LogP contribution is -2.58. The minimum absolute atomic E-state index is 0.0512. The Balaban J connectivity index is 1.48. The third-order valence-electron chi connectivity index (χ3n) is 9.99. The van der Waals surface area contributed by atoms with Crippen LogP contribution in [0.25, 0.3) is 6.08 Å². The Morgan fingerprint density at radius 1 is 1.20 bits per heavy atom. The van der Waals surface area contributed by atoms with E-state index in [0.29, 0.717) is 30.0 Å². The van der Waals surface area contributed by atoms with Gasteiger partial charge in [-0.15, -0.1) is 0 Å². The molecule has 2 heterocycles. The Kier molecular flexibility index (Phi) is 8.13. The van der Waals surface area contributed by atoms with Crippen molar-refractivity contribution in [1.29, 1.82) is 0 Å². The molecule has 3 unspecified atom stereocenters. The van der Waals surface area contributed by atoms with Crippen LogP contribution >= 0.6 is 0 Å². The monoisotopic (exact) mass is 557 g/mol. The maximum absolute atomic E-state index is 13.3. The van der Waals surface area contributed by atoms with Crippen LogP contribution in [0.15, 0.2) is 78.2 Å². The lowest BCUT2D eigenvalue weighted by Gasteiger charge is -2.60. The molecule has 1 aromatic carbocycles. The summed E-state index contributed by atoms with van der Waals surface area (Å²) in [5.41, 5.74) is 3.03. The van der Waals surface area contributed by atoms with Crippen LogP contribution in [0.2, 0.25) is 0 Å². The summed E-state index contributed by atoms with van der Waals surface area (Å²) in [6.45, 7) is 8.76. The summed E-state index contributed by atoms with van der Waals surface area (Å²) in [6, 6.07) is 13.4. The number of aliphatic hydroxyl groups excluding tert-OH is 2. The standard InChI is InChI=1S/C34H43N3O4/c1-22-9-14-29-33(2,16-15-30(39)34(29,3)21-38)27(22)20-28(36-31-8-6-7-17-35-31)26-19-25(41-32(26)40)18-23-10-12-24(13-11-23)37(4)5/h6-8,10-13,17-19,27-30,38-39H,1,9,14-16,20-21H2,2-5H3,(H,35,36)/b25-18+/t27?,28?,29?,30-,33-,34+/m1/s1. The van der Waals surface area contributed by atoms with Crippen molar-refractivity contribution in [1.82, 2.24) is 4.98 Å². The molecule has 3 N–H and O–H groups in total. The number of hydrogen-bond donors (Lipinski definition) is 3. The number of aliphatic hydroxyl groups is 2. The van der Waals surface area contributed by atoms with Crippen molar-refractivity contribution >= 4 is 23.6 Å². The first kappa shape index (κ1) is 29.1. The quantitative estimate of drug-likeness (QED) is 0.288. The fourth-order valence-electron chi connectivity index (χ4n) is 7.52. The van der Waals surface area contributed by atoms with Crippen molar-refractivity contribution in [2.75, 3.05) is 30.9 Å². The van der Waals surface area contributed by atoms with Crippen LogP contribution in [0, 0.1) is 22.7 Å². The molecule has 2 saturated carbocycles. The molecule has 7 nitrogen and oxygen atoms in total. The van der Waals surface area contributed by atoms with Gasteiger partial charge in [-0.3, -0.25) is 0 Å². The van der Waals surface area contributed by atoms with E-state index in [0.717, 1.165) is 36.1 Å². The van der Waals surface area contributed by atoms with Crippen molar-refractivity contribution < 1.29 is 19.7 Å². The number of carbonyl (C=O) groups is 1. The molecule has 6 atom stereocenters. The van der Waals surface area contributed by atoms with Gasteiger partial charge < -0.3 is 25.2 Å². The molecule has 3 aliphatic rings. The number of anilines is 2. The average Bonchev–Trinajstić information content (AvgIpc) is 3.32. The predicted octanol–water partition coefficient (Wildman–Crippen LogP) is 5.58. The van der Waals surface area contributed by atoms with E-state index in [9.17, 15) is 15.0 Å². The Morgan fingerprint density at radius 3 is 2.61 bits per heavy atom. The number of allylic oxidation sites excluding steroid dienone is 2. The number of hydrogen-bond acceptors (Lipinski definition) is 7.